The summed E-state index contributed by atoms with van der Waals surface area (Å²) in [6, 6.07) is 9.36. The van der Waals surface area contributed by atoms with Crippen LogP contribution in [0.4, 0.5) is 0 Å². The summed E-state index contributed by atoms with van der Waals surface area (Å²) in [6.45, 7) is 2.39. The summed E-state index contributed by atoms with van der Waals surface area (Å²) in [5.74, 6) is -0.904. The van der Waals surface area contributed by atoms with Gasteiger partial charge < -0.3 is 14.2 Å². The summed E-state index contributed by atoms with van der Waals surface area (Å²) in [6.07, 6.45) is 1.97. The van der Waals surface area contributed by atoms with Crippen LogP contribution in [-0.4, -0.2) is 31.8 Å². The van der Waals surface area contributed by atoms with E-state index in [0.717, 1.165) is 24.8 Å². The second-order valence-electron chi connectivity index (χ2n) is 5.03. The van der Waals surface area contributed by atoms with E-state index in [1.165, 1.54) is 6.92 Å². The van der Waals surface area contributed by atoms with Gasteiger partial charge in [-0.3, -0.25) is 4.79 Å². The Balaban J connectivity index is 2.18. The van der Waals surface area contributed by atoms with E-state index in [9.17, 15) is 9.59 Å². The number of methoxy groups -OCH3 is 1. The first-order valence-corrected chi connectivity index (χ1v) is 7.52. The standard InChI is InChI=1S/C17H24O5/c1-14(22-16(18)11-7-4-8-12-20-2)17(19)21-13-15-9-5-3-6-10-15/h3,5-6,9-10,14H,4,7-8,11-13H2,1-2H3. The molecule has 1 unspecified atom stereocenters. The molecular weight excluding hydrogens is 284 g/mol. The van der Waals surface area contributed by atoms with Crippen molar-refractivity contribution < 1.29 is 23.8 Å². The second-order valence-corrected chi connectivity index (χ2v) is 5.03. The lowest BCUT2D eigenvalue weighted by Crippen LogP contribution is -2.26. The average Bonchev–Trinajstić information content (AvgIpc) is 2.53. The molecule has 0 aliphatic carbocycles. The first-order valence-electron chi connectivity index (χ1n) is 7.52. The average molecular weight is 308 g/mol. The Bertz CT molecular complexity index is 444. The molecule has 122 valence electrons. The number of ether oxygens (including phenoxy) is 3. The normalized spacial score (nSPS) is 11.7. The fourth-order valence-electron chi connectivity index (χ4n) is 1.84. The SMILES string of the molecule is COCCCCCC(=O)OC(C)C(=O)OCc1ccccc1. The third-order valence-corrected chi connectivity index (χ3v) is 3.09. The predicted molar refractivity (Wildman–Crippen MR) is 82.1 cm³/mol. The third-order valence-electron chi connectivity index (χ3n) is 3.09. The lowest BCUT2D eigenvalue weighted by molar-refractivity contribution is -0.167. The maximum atomic E-state index is 11.8. The van der Waals surface area contributed by atoms with Gasteiger partial charge in [-0.1, -0.05) is 36.8 Å². The molecule has 0 saturated heterocycles. The minimum absolute atomic E-state index is 0.179. The number of rotatable bonds is 10. The minimum atomic E-state index is -0.879. The zero-order valence-corrected chi connectivity index (χ0v) is 13.2. The van der Waals surface area contributed by atoms with Gasteiger partial charge in [0.2, 0.25) is 0 Å². The van der Waals surface area contributed by atoms with Crippen molar-refractivity contribution in [2.45, 2.75) is 45.3 Å². The molecule has 22 heavy (non-hydrogen) atoms. The van der Waals surface area contributed by atoms with Gasteiger partial charge >= 0.3 is 11.9 Å². The summed E-state index contributed by atoms with van der Waals surface area (Å²) in [4.78, 5) is 23.4. The van der Waals surface area contributed by atoms with Gasteiger partial charge in [0.25, 0.3) is 0 Å². The molecule has 1 rings (SSSR count). The number of unbranched alkanes of at least 4 members (excludes halogenated alkanes) is 2. The molecule has 0 heterocycles. The van der Waals surface area contributed by atoms with E-state index < -0.39 is 12.1 Å². The maximum absolute atomic E-state index is 11.8. The lowest BCUT2D eigenvalue weighted by Gasteiger charge is -2.12. The van der Waals surface area contributed by atoms with Gasteiger partial charge in [0.15, 0.2) is 6.10 Å². The van der Waals surface area contributed by atoms with Gasteiger partial charge in [0.05, 0.1) is 0 Å². The molecule has 0 spiro atoms. The summed E-state index contributed by atoms with van der Waals surface area (Å²) < 4.78 is 15.1. The Hall–Kier alpha value is -1.88. The molecule has 0 bridgehead atoms. The van der Waals surface area contributed by atoms with Gasteiger partial charge in [0.1, 0.15) is 6.61 Å². The molecule has 1 atom stereocenters. The van der Waals surface area contributed by atoms with Crippen molar-refractivity contribution in [1.29, 1.82) is 0 Å². The van der Waals surface area contributed by atoms with Crippen LogP contribution in [0.5, 0.6) is 0 Å². The lowest BCUT2D eigenvalue weighted by atomic mass is 10.2. The minimum Gasteiger partial charge on any atom is -0.458 e. The van der Waals surface area contributed by atoms with Gasteiger partial charge in [-0.15, -0.1) is 0 Å². The van der Waals surface area contributed by atoms with E-state index in [2.05, 4.69) is 0 Å². The molecule has 5 heteroatoms. The largest absolute Gasteiger partial charge is 0.458 e. The number of hydrogen-bond donors (Lipinski definition) is 0. The Kier molecular flexibility index (Phi) is 8.91. The van der Waals surface area contributed by atoms with E-state index in [-0.39, 0.29) is 12.6 Å². The van der Waals surface area contributed by atoms with Gasteiger partial charge in [-0.2, -0.15) is 0 Å². The van der Waals surface area contributed by atoms with Crippen molar-refractivity contribution in [2.75, 3.05) is 13.7 Å². The Labute approximate surface area is 131 Å². The number of esters is 2. The van der Waals surface area contributed by atoms with Crippen LogP contribution in [0.2, 0.25) is 0 Å². The van der Waals surface area contributed by atoms with E-state index in [0.29, 0.717) is 13.0 Å². The first kappa shape index (κ1) is 18.2. The van der Waals surface area contributed by atoms with E-state index in [1.807, 2.05) is 30.3 Å². The molecule has 0 saturated carbocycles. The zero-order valence-electron chi connectivity index (χ0n) is 13.2. The molecule has 0 aromatic heterocycles. The summed E-state index contributed by atoms with van der Waals surface area (Å²) in [5, 5.41) is 0. The topological polar surface area (TPSA) is 61.8 Å². The molecule has 0 aliphatic rings. The highest BCUT2D eigenvalue weighted by Crippen LogP contribution is 2.06. The fourth-order valence-corrected chi connectivity index (χ4v) is 1.84. The first-order chi connectivity index (χ1) is 10.6. The highest BCUT2D eigenvalue weighted by atomic mass is 16.6. The van der Waals surface area contributed by atoms with E-state index >= 15 is 0 Å². The zero-order chi connectivity index (χ0) is 16.2. The van der Waals surface area contributed by atoms with Crippen molar-refractivity contribution in [2.24, 2.45) is 0 Å². The number of carbonyl (C=O) groups is 2. The van der Waals surface area contributed by atoms with E-state index in [4.69, 9.17) is 14.2 Å². The molecule has 1 aromatic rings. The predicted octanol–water partition coefficient (Wildman–Crippen LogP) is 2.87. The smallest absolute Gasteiger partial charge is 0.347 e. The molecule has 0 amide bonds. The molecule has 0 fully saturated rings. The van der Waals surface area contributed by atoms with Crippen LogP contribution >= 0.6 is 0 Å². The monoisotopic (exact) mass is 308 g/mol. The quantitative estimate of drug-likeness (QED) is 0.491. The van der Waals surface area contributed by atoms with Crippen LogP contribution in [0, 0.1) is 0 Å². The van der Waals surface area contributed by atoms with Crippen molar-refractivity contribution in [3.8, 4) is 0 Å². The van der Waals surface area contributed by atoms with E-state index in [1.54, 1.807) is 7.11 Å². The molecule has 5 nitrogen and oxygen atoms in total. The Morgan fingerprint density at radius 2 is 1.82 bits per heavy atom. The van der Waals surface area contributed by atoms with Crippen LogP contribution in [0.3, 0.4) is 0 Å². The second kappa shape index (κ2) is 10.8. The van der Waals surface area contributed by atoms with Crippen LogP contribution in [0.25, 0.3) is 0 Å². The Morgan fingerprint density at radius 1 is 1.09 bits per heavy atom. The van der Waals surface area contributed by atoms with Crippen LogP contribution in [0.1, 0.15) is 38.2 Å². The van der Waals surface area contributed by atoms with Crippen LogP contribution < -0.4 is 0 Å². The number of benzene rings is 1. The van der Waals surface area contributed by atoms with Crippen LogP contribution in [0.15, 0.2) is 30.3 Å². The maximum Gasteiger partial charge on any atom is 0.347 e. The van der Waals surface area contributed by atoms with Crippen molar-refractivity contribution in [3.05, 3.63) is 35.9 Å². The van der Waals surface area contributed by atoms with Crippen LogP contribution in [-0.2, 0) is 30.4 Å². The fraction of sp³-hybridized carbons (Fsp3) is 0.529. The van der Waals surface area contributed by atoms with Crippen molar-refractivity contribution >= 4 is 11.9 Å². The number of carbonyl (C=O) groups excluding carboxylic acids is 2. The molecule has 0 N–H and O–H groups in total. The Morgan fingerprint density at radius 3 is 2.50 bits per heavy atom. The number of hydrogen-bond acceptors (Lipinski definition) is 5. The summed E-state index contributed by atoms with van der Waals surface area (Å²) in [5.41, 5.74) is 0.896. The van der Waals surface area contributed by atoms with Crippen molar-refractivity contribution in [1.82, 2.24) is 0 Å². The van der Waals surface area contributed by atoms with Gasteiger partial charge in [-0.05, 0) is 25.3 Å². The van der Waals surface area contributed by atoms with Gasteiger partial charge in [-0.25, -0.2) is 4.79 Å². The third kappa shape index (κ3) is 7.78. The van der Waals surface area contributed by atoms with Gasteiger partial charge in [0, 0.05) is 20.1 Å². The summed E-state index contributed by atoms with van der Waals surface area (Å²) in [7, 11) is 1.65. The molecule has 1 aromatic carbocycles. The molecular formula is C17H24O5. The molecule has 0 aliphatic heterocycles. The highest BCUT2D eigenvalue weighted by Gasteiger charge is 2.19. The summed E-state index contributed by atoms with van der Waals surface area (Å²) >= 11 is 0. The highest BCUT2D eigenvalue weighted by molar-refractivity contribution is 5.78. The van der Waals surface area contributed by atoms with Crippen molar-refractivity contribution in [3.63, 3.8) is 0 Å². The molecule has 0 radical (unpaired) electrons.